The number of rotatable bonds is 2. The molecule has 2 N–H and O–H groups in total. The Morgan fingerprint density at radius 1 is 1.57 bits per heavy atom. The van der Waals surface area contributed by atoms with Gasteiger partial charge in [-0.25, -0.2) is 0 Å². The maximum atomic E-state index is 11.6. The Bertz CT molecular complexity index is 293. The first-order chi connectivity index (χ1) is 6.68. The lowest BCUT2D eigenvalue weighted by Crippen LogP contribution is -2.45. The van der Waals surface area contributed by atoms with Crippen molar-refractivity contribution in [1.82, 2.24) is 5.32 Å². The largest absolute Gasteiger partial charge is 0.388 e. The molecule has 0 aromatic carbocycles. The summed E-state index contributed by atoms with van der Waals surface area (Å²) in [6.07, 6.45) is 0.603. The third kappa shape index (κ3) is 1.47. The minimum atomic E-state index is -0.817. The second-order valence-corrected chi connectivity index (χ2v) is 3.88. The average molecular weight is 196 g/mol. The first kappa shape index (κ1) is 9.44. The first-order valence-electron chi connectivity index (χ1n) is 4.66. The minimum Gasteiger partial charge on any atom is -0.388 e. The molecule has 5 heteroatoms. The Hall–Kier alpha value is -1.12. The number of amides is 1. The Kier molecular flexibility index (Phi) is 2.17. The molecule has 2 rings (SSSR count). The highest BCUT2D eigenvalue weighted by Gasteiger charge is 2.51. The van der Waals surface area contributed by atoms with E-state index in [1.807, 2.05) is 6.07 Å². The van der Waals surface area contributed by atoms with E-state index in [9.17, 15) is 9.90 Å². The molecule has 1 saturated heterocycles. The lowest BCUT2D eigenvalue weighted by atomic mass is 10.1. The molecule has 0 bridgehead atoms. The summed E-state index contributed by atoms with van der Waals surface area (Å²) in [6, 6.07) is 1.65. The van der Waals surface area contributed by atoms with Crippen molar-refractivity contribution in [1.29, 1.82) is 5.26 Å². The van der Waals surface area contributed by atoms with Crippen LogP contribution in [-0.2, 0) is 9.53 Å². The van der Waals surface area contributed by atoms with Gasteiger partial charge in [0.1, 0.15) is 5.41 Å². The number of ether oxygens (including phenoxy) is 1. The van der Waals surface area contributed by atoms with Gasteiger partial charge in [-0.3, -0.25) is 4.79 Å². The van der Waals surface area contributed by atoms with Crippen LogP contribution in [0.2, 0.25) is 0 Å². The van der Waals surface area contributed by atoms with Gasteiger partial charge in [0, 0.05) is 0 Å². The van der Waals surface area contributed by atoms with E-state index in [1.165, 1.54) is 0 Å². The Morgan fingerprint density at radius 3 is 2.71 bits per heavy atom. The minimum absolute atomic E-state index is 0.254. The van der Waals surface area contributed by atoms with Crippen LogP contribution in [-0.4, -0.2) is 36.4 Å². The van der Waals surface area contributed by atoms with Crippen LogP contribution in [0.4, 0.5) is 0 Å². The van der Waals surface area contributed by atoms with Crippen LogP contribution >= 0.6 is 0 Å². The zero-order chi connectivity index (χ0) is 10.2. The van der Waals surface area contributed by atoms with Crippen LogP contribution in [0, 0.1) is 16.7 Å². The fraction of sp³-hybridized carbons (Fsp3) is 0.778. The Balaban J connectivity index is 1.92. The van der Waals surface area contributed by atoms with Crippen molar-refractivity contribution in [3.05, 3.63) is 0 Å². The van der Waals surface area contributed by atoms with E-state index >= 15 is 0 Å². The van der Waals surface area contributed by atoms with Gasteiger partial charge < -0.3 is 15.2 Å². The molecule has 0 radical (unpaired) electrons. The number of aliphatic hydroxyl groups excluding tert-OH is 1. The molecule has 14 heavy (non-hydrogen) atoms. The van der Waals surface area contributed by atoms with Crippen molar-refractivity contribution in [3.8, 4) is 6.07 Å². The van der Waals surface area contributed by atoms with Crippen LogP contribution in [0.25, 0.3) is 0 Å². The second-order valence-electron chi connectivity index (χ2n) is 3.88. The summed E-state index contributed by atoms with van der Waals surface area (Å²) in [5, 5.41) is 20.8. The van der Waals surface area contributed by atoms with Crippen LogP contribution < -0.4 is 5.32 Å². The van der Waals surface area contributed by atoms with Crippen LogP contribution in [0.3, 0.4) is 0 Å². The van der Waals surface area contributed by atoms with Crippen molar-refractivity contribution < 1.29 is 14.6 Å². The summed E-state index contributed by atoms with van der Waals surface area (Å²) in [5.41, 5.74) is -0.817. The number of nitriles is 1. The molecular weight excluding hydrogens is 184 g/mol. The number of hydrogen-bond acceptors (Lipinski definition) is 4. The SMILES string of the molecule is N#CC1(C(=O)NC2COCC2O)CC1. The number of carbonyl (C=O) groups excluding carboxylic acids is 1. The first-order valence-corrected chi connectivity index (χ1v) is 4.66. The quantitative estimate of drug-likeness (QED) is 0.603. The van der Waals surface area contributed by atoms with E-state index in [0.29, 0.717) is 19.4 Å². The summed E-state index contributed by atoms with van der Waals surface area (Å²) in [4.78, 5) is 11.6. The van der Waals surface area contributed by atoms with E-state index in [0.717, 1.165) is 0 Å². The molecule has 0 aromatic heterocycles. The molecule has 1 aliphatic carbocycles. The zero-order valence-electron chi connectivity index (χ0n) is 7.69. The summed E-state index contributed by atoms with van der Waals surface area (Å²) in [7, 11) is 0. The van der Waals surface area contributed by atoms with E-state index in [-0.39, 0.29) is 18.6 Å². The van der Waals surface area contributed by atoms with E-state index in [4.69, 9.17) is 10.00 Å². The summed E-state index contributed by atoms with van der Waals surface area (Å²) in [5.74, 6) is -0.269. The van der Waals surface area contributed by atoms with Gasteiger partial charge in [0.15, 0.2) is 0 Å². The van der Waals surface area contributed by atoms with Crippen molar-refractivity contribution in [2.75, 3.05) is 13.2 Å². The summed E-state index contributed by atoms with van der Waals surface area (Å²) < 4.78 is 4.99. The number of nitrogens with one attached hydrogen (secondary N) is 1. The molecule has 1 aliphatic heterocycles. The number of aliphatic hydroxyl groups is 1. The molecule has 2 fully saturated rings. The van der Waals surface area contributed by atoms with Crippen LogP contribution in [0.15, 0.2) is 0 Å². The Morgan fingerprint density at radius 2 is 2.29 bits per heavy atom. The number of hydrogen-bond donors (Lipinski definition) is 2. The number of carbonyl (C=O) groups is 1. The fourth-order valence-corrected chi connectivity index (χ4v) is 1.50. The molecule has 1 amide bonds. The monoisotopic (exact) mass is 196 g/mol. The molecule has 0 aromatic rings. The van der Waals surface area contributed by atoms with Crippen LogP contribution in [0.1, 0.15) is 12.8 Å². The summed E-state index contributed by atoms with van der Waals surface area (Å²) in [6.45, 7) is 0.582. The van der Waals surface area contributed by atoms with E-state index < -0.39 is 11.5 Å². The van der Waals surface area contributed by atoms with E-state index in [2.05, 4.69) is 5.32 Å². The van der Waals surface area contributed by atoms with Gasteiger partial charge in [-0.2, -0.15) is 5.26 Å². The van der Waals surface area contributed by atoms with Gasteiger partial charge in [-0.05, 0) is 12.8 Å². The molecule has 2 aliphatic rings. The standard InChI is InChI=1S/C9H12N2O3/c10-5-9(1-2-9)8(13)11-6-3-14-4-7(6)12/h6-7,12H,1-4H2,(H,11,13). The molecule has 2 unspecified atom stereocenters. The molecule has 1 heterocycles. The van der Waals surface area contributed by atoms with Gasteiger partial charge in [0.25, 0.3) is 0 Å². The Labute approximate surface area is 81.7 Å². The normalized spacial score (nSPS) is 33.4. The van der Waals surface area contributed by atoms with Gasteiger partial charge >= 0.3 is 0 Å². The van der Waals surface area contributed by atoms with Crippen LogP contribution in [0.5, 0.6) is 0 Å². The molecular formula is C9H12N2O3. The highest BCUT2D eigenvalue weighted by atomic mass is 16.5. The van der Waals surface area contributed by atoms with Gasteiger partial charge in [0.05, 0.1) is 31.4 Å². The molecule has 1 saturated carbocycles. The van der Waals surface area contributed by atoms with Gasteiger partial charge in [-0.1, -0.05) is 0 Å². The topological polar surface area (TPSA) is 82.4 Å². The third-order valence-corrected chi connectivity index (χ3v) is 2.77. The highest BCUT2D eigenvalue weighted by molar-refractivity contribution is 5.88. The third-order valence-electron chi connectivity index (χ3n) is 2.77. The zero-order valence-corrected chi connectivity index (χ0v) is 7.69. The maximum Gasteiger partial charge on any atom is 0.240 e. The van der Waals surface area contributed by atoms with E-state index in [1.54, 1.807) is 0 Å². The fourth-order valence-electron chi connectivity index (χ4n) is 1.50. The average Bonchev–Trinajstić information content (AvgIpc) is 2.89. The molecule has 76 valence electrons. The lowest BCUT2D eigenvalue weighted by molar-refractivity contribution is -0.125. The molecule has 5 nitrogen and oxygen atoms in total. The van der Waals surface area contributed by atoms with Crippen molar-refractivity contribution >= 4 is 5.91 Å². The number of nitrogens with zero attached hydrogens (tertiary/aromatic N) is 1. The van der Waals surface area contributed by atoms with Crippen molar-refractivity contribution in [2.24, 2.45) is 5.41 Å². The maximum absolute atomic E-state index is 11.6. The molecule has 2 atom stereocenters. The second kappa shape index (κ2) is 3.23. The molecule has 0 spiro atoms. The smallest absolute Gasteiger partial charge is 0.240 e. The van der Waals surface area contributed by atoms with Gasteiger partial charge in [0.2, 0.25) is 5.91 Å². The van der Waals surface area contributed by atoms with Gasteiger partial charge in [-0.15, -0.1) is 0 Å². The lowest BCUT2D eigenvalue weighted by Gasteiger charge is -2.16. The predicted molar refractivity (Wildman–Crippen MR) is 46.0 cm³/mol. The highest BCUT2D eigenvalue weighted by Crippen LogP contribution is 2.45. The summed E-state index contributed by atoms with van der Waals surface area (Å²) >= 11 is 0. The van der Waals surface area contributed by atoms with Crippen molar-refractivity contribution in [3.63, 3.8) is 0 Å². The predicted octanol–water partition coefficient (Wildman–Crippen LogP) is -0.834. The van der Waals surface area contributed by atoms with Crippen molar-refractivity contribution in [2.45, 2.75) is 25.0 Å².